The molecule has 138 valence electrons. The number of carbonyl (C=O) groups excluding carboxylic acids is 1. The van der Waals surface area contributed by atoms with E-state index in [0.29, 0.717) is 31.1 Å². The molecule has 1 aliphatic rings. The molecule has 7 nitrogen and oxygen atoms in total. The van der Waals surface area contributed by atoms with Gasteiger partial charge in [-0.25, -0.2) is 8.42 Å². The summed E-state index contributed by atoms with van der Waals surface area (Å²) in [7, 11) is -3.70. The Kier molecular flexibility index (Phi) is 5.55. The molecule has 1 saturated heterocycles. The molecule has 1 unspecified atom stereocenters. The van der Waals surface area contributed by atoms with Crippen LogP contribution in [0, 0.1) is 6.92 Å². The van der Waals surface area contributed by atoms with Crippen LogP contribution >= 0.6 is 0 Å². The molecular formula is C18H21N3O4S. The molecule has 0 aliphatic carbocycles. The smallest absolute Gasteiger partial charge is 0.261 e. The second-order valence-electron chi connectivity index (χ2n) is 6.02. The predicted molar refractivity (Wildman–Crippen MR) is 99.7 cm³/mol. The molecule has 0 bridgehead atoms. The molecular weight excluding hydrogens is 354 g/mol. The summed E-state index contributed by atoms with van der Waals surface area (Å²) in [5.41, 5.74) is 1.68. The average Bonchev–Trinajstić information content (AvgIpc) is 2.66. The fraction of sp³-hybridized carbons (Fsp3) is 0.278. The van der Waals surface area contributed by atoms with Crippen molar-refractivity contribution < 1.29 is 17.9 Å². The summed E-state index contributed by atoms with van der Waals surface area (Å²) in [5, 5.41) is 5.86. The van der Waals surface area contributed by atoms with Crippen LogP contribution < -0.4 is 15.4 Å². The van der Waals surface area contributed by atoms with Crippen LogP contribution in [0.1, 0.15) is 5.56 Å². The van der Waals surface area contributed by atoms with Crippen molar-refractivity contribution in [3.8, 4) is 0 Å². The zero-order valence-corrected chi connectivity index (χ0v) is 15.2. The quantitative estimate of drug-likeness (QED) is 0.739. The molecule has 1 aliphatic heterocycles. The second kappa shape index (κ2) is 7.86. The van der Waals surface area contributed by atoms with E-state index < -0.39 is 16.1 Å². The van der Waals surface area contributed by atoms with Crippen molar-refractivity contribution in [2.75, 3.05) is 29.8 Å². The largest absolute Gasteiger partial charge is 0.378 e. The van der Waals surface area contributed by atoms with Gasteiger partial charge in [-0.15, -0.1) is 0 Å². The highest BCUT2D eigenvalue weighted by Gasteiger charge is 2.21. The number of sulfonamides is 1. The lowest BCUT2D eigenvalue weighted by Crippen LogP contribution is -2.48. The molecule has 1 fully saturated rings. The van der Waals surface area contributed by atoms with Gasteiger partial charge in [0.05, 0.1) is 23.8 Å². The van der Waals surface area contributed by atoms with Gasteiger partial charge in [0, 0.05) is 12.2 Å². The average molecular weight is 375 g/mol. The zero-order chi connectivity index (χ0) is 18.6. The molecule has 0 radical (unpaired) electrons. The number of morpholine rings is 1. The van der Waals surface area contributed by atoms with Crippen LogP contribution in [0.5, 0.6) is 0 Å². The van der Waals surface area contributed by atoms with Crippen LogP contribution in [-0.2, 0) is 19.6 Å². The third kappa shape index (κ3) is 4.40. The molecule has 3 N–H and O–H groups in total. The van der Waals surface area contributed by atoms with Gasteiger partial charge in [-0.2, -0.15) is 0 Å². The maximum atomic E-state index is 12.5. The number of nitrogens with one attached hydrogen (secondary N) is 3. The van der Waals surface area contributed by atoms with E-state index in [9.17, 15) is 13.2 Å². The Balaban J connectivity index is 1.76. The number of ether oxygens (including phenoxy) is 1. The van der Waals surface area contributed by atoms with Crippen molar-refractivity contribution in [2.45, 2.75) is 17.9 Å². The number of amides is 1. The highest BCUT2D eigenvalue weighted by atomic mass is 32.2. The Morgan fingerprint density at radius 2 is 1.96 bits per heavy atom. The number of hydrogen-bond donors (Lipinski definition) is 3. The van der Waals surface area contributed by atoms with Crippen LogP contribution in [0.15, 0.2) is 53.4 Å². The second-order valence-corrected chi connectivity index (χ2v) is 7.70. The van der Waals surface area contributed by atoms with E-state index in [1.165, 1.54) is 12.1 Å². The third-order valence-electron chi connectivity index (χ3n) is 4.04. The normalized spacial score (nSPS) is 17.5. The monoisotopic (exact) mass is 375 g/mol. The first kappa shape index (κ1) is 18.4. The molecule has 8 heteroatoms. The first-order valence-electron chi connectivity index (χ1n) is 8.26. The van der Waals surface area contributed by atoms with E-state index in [1.807, 2.05) is 0 Å². The van der Waals surface area contributed by atoms with Crippen molar-refractivity contribution in [3.63, 3.8) is 0 Å². The zero-order valence-electron chi connectivity index (χ0n) is 14.4. The molecule has 1 heterocycles. The molecule has 3 rings (SSSR count). The lowest BCUT2D eigenvalue weighted by atomic mass is 10.2. The van der Waals surface area contributed by atoms with Crippen molar-refractivity contribution >= 4 is 27.3 Å². The summed E-state index contributed by atoms with van der Waals surface area (Å²) < 4.78 is 32.9. The molecule has 0 spiro atoms. The molecule has 1 atom stereocenters. The molecule has 1 amide bonds. The van der Waals surface area contributed by atoms with Crippen LogP contribution in [0.2, 0.25) is 0 Å². The number of anilines is 2. The maximum absolute atomic E-state index is 12.5. The van der Waals surface area contributed by atoms with Gasteiger partial charge in [0.1, 0.15) is 6.04 Å². The van der Waals surface area contributed by atoms with E-state index in [4.69, 9.17) is 4.74 Å². The summed E-state index contributed by atoms with van der Waals surface area (Å²) in [6, 6.07) is 12.8. The standard InChI is InChI=1S/C18H21N3O4S/c1-13-7-8-14(20-18(22)17-12-25-10-9-19-17)11-16(13)21-26(23,24)15-5-3-2-4-6-15/h2-8,11,17,19,21H,9-10,12H2,1H3,(H,20,22). The highest BCUT2D eigenvalue weighted by Crippen LogP contribution is 2.23. The first-order chi connectivity index (χ1) is 12.5. The van der Waals surface area contributed by atoms with Crippen molar-refractivity contribution in [3.05, 3.63) is 54.1 Å². The van der Waals surface area contributed by atoms with Crippen molar-refractivity contribution in [1.82, 2.24) is 5.32 Å². The minimum absolute atomic E-state index is 0.178. The van der Waals surface area contributed by atoms with Gasteiger partial charge in [-0.3, -0.25) is 9.52 Å². The molecule has 2 aromatic rings. The minimum Gasteiger partial charge on any atom is -0.378 e. The van der Waals surface area contributed by atoms with Crippen LogP contribution in [0.3, 0.4) is 0 Å². The van der Waals surface area contributed by atoms with Crippen molar-refractivity contribution in [1.29, 1.82) is 0 Å². The van der Waals surface area contributed by atoms with Gasteiger partial charge in [-0.1, -0.05) is 24.3 Å². The van der Waals surface area contributed by atoms with Crippen molar-refractivity contribution in [2.24, 2.45) is 0 Å². The molecule has 26 heavy (non-hydrogen) atoms. The maximum Gasteiger partial charge on any atom is 0.261 e. The highest BCUT2D eigenvalue weighted by molar-refractivity contribution is 7.92. The van der Waals surface area contributed by atoms with Gasteiger partial charge >= 0.3 is 0 Å². The number of carbonyl (C=O) groups is 1. The molecule has 0 saturated carbocycles. The summed E-state index contributed by atoms with van der Waals surface area (Å²) in [5.74, 6) is -0.217. The third-order valence-corrected chi connectivity index (χ3v) is 5.42. The summed E-state index contributed by atoms with van der Waals surface area (Å²) in [6.45, 7) is 3.31. The van der Waals surface area contributed by atoms with E-state index >= 15 is 0 Å². The Bertz CT molecular complexity index is 879. The Morgan fingerprint density at radius 1 is 1.19 bits per heavy atom. The van der Waals surface area contributed by atoms with Gasteiger partial charge < -0.3 is 15.4 Å². The molecule has 0 aromatic heterocycles. The predicted octanol–water partition coefficient (Wildman–Crippen LogP) is 1.72. The van der Waals surface area contributed by atoms with Crippen LogP contribution in [0.4, 0.5) is 11.4 Å². The van der Waals surface area contributed by atoms with Gasteiger partial charge in [0.25, 0.3) is 10.0 Å². The van der Waals surface area contributed by atoms with Gasteiger partial charge in [0.15, 0.2) is 0 Å². The summed E-state index contributed by atoms with van der Waals surface area (Å²) >= 11 is 0. The van der Waals surface area contributed by atoms with E-state index in [1.54, 1.807) is 43.3 Å². The Hall–Kier alpha value is -2.42. The number of aryl methyl sites for hydroxylation is 1. The van der Waals surface area contributed by atoms with E-state index in [0.717, 1.165) is 5.56 Å². The lowest BCUT2D eigenvalue weighted by Gasteiger charge is -2.23. The Morgan fingerprint density at radius 3 is 2.65 bits per heavy atom. The lowest BCUT2D eigenvalue weighted by molar-refractivity contribution is -0.120. The fourth-order valence-corrected chi connectivity index (χ4v) is 3.72. The first-order valence-corrected chi connectivity index (χ1v) is 9.74. The Labute approximate surface area is 152 Å². The summed E-state index contributed by atoms with van der Waals surface area (Å²) in [6.07, 6.45) is 0. The topological polar surface area (TPSA) is 96.5 Å². The summed E-state index contributed by atoms with van der Waals surface area (Å²) in [4.78, 5) is 12.5. The van der Waals surface area contributed by atoms with Gasteiger partial charge in [0.2, 0.25) is 5.91 Å². The fourth-order valence-electron chi connectivity index (χ4n) is 2.58. The number of hydrogen-bond acceptors (Lipinski definition) is 5. The number of rotatable bonds is 5. The van der Waals surface area contributed by atoms with Gasteiger partial charge in [-0.05, 0) is 36.8 Å². The number of benzene rings is 2. The van der Waals surface area contributed by atoms with Crippen LogP contribution in [-0.4, -0.2) is 40.1 Å². The van der Waals surface area contributed by atoms with Crippen LogP contribution in [0.25, 0.3) is 0 Å². The van der Waals surface area contributed by atoms with E-state index in [-0.39, 0.29) is 10.8 Å². The van der Waals surface area contributed by atoms with E-state index in [2.05, 4.69) is 15.4 Å². The SMILES string of the molecule is Cc1ccc(NC(=O)C2COCCN2)cc1NS(=O)(=O)c1ccccc1. The molecule has 2 aromatic carbocycles. The minimum atomic E-state index is -3.70.